The zero-order valence-electron chi connectivity index (χ0n) is 14.9. The van der Waals surface area contributed by atoms with Crippen molar-refractivity contribution in [1.29, 1.82) is 0 Å². The van der Waals surface area contributed by atoms with E-state index in [-0.39, 0.29) is 30.8 Å². The molecule has 27 heavy (non-hydrogen) atoms. The van der Waals surface area contributed by atoms with Crippen LogP contribution in [0.15, 0.2) is 48.5 Å². The second kappa shape index (κ2) is 7.61. The second-order valence-electron chi connectivity index (χ2n) is 6.88. The van der Waals surface area contributed by atoms with E-state index in [1.807, 2.05) is 53.4 Å². The summed E-state index contributed by atoms with van der Waals surface area (Å²) in [6.07, 6.45) is 1.07. The van der Waals surface area contributed by atoms with Gasteiger partial charge in [0.1, 0.15) is 5.75 Å². The third-order valence-corrected chi connectivity index (χ3v) is 5.42. The van der Waals surface area contributed by atoms with Crippen LogP contribution in [0.4, 0.5) is 0 Å². The molecule has 2 aromatic carbocycles. The number of hydrogen-bond donors (Lipinski definition) is 0. The van der Waals surface area contributed by atoms with Gasteiger partial charge in [0.2, 0.25) is 11.8 Å². The predicted molar refractivity (Wildman–Crippen MR) is 103 cm³/mol. The Labute approximate surface area is 163 Å². The molecule has 1 unspecified atom stereocenters. The van der Waals surface area contributed by atoms with Crippen LogP contribution in [0, 0.1) is 0 Å². The standard InChI is InChI=1S/C21H21ClN2O3/c22-16-7-6-15-8-10-24-19(18(15)12-16)13-23(14-21(24)26)20(25)9-11-27-17-4-2-1-3-5-17/h1-7,12,19H,8-11,13-14H2. The number of rotatable bonds is 4. The van der Waals surface area contributed by atoms with Crippen molar-refractivity contribution in [1.82, 2.24) is 9.80 Å². The summed E-state index contributed by atoms with van der Waals surface area (Å²) in [7, 11) is 0. The van der Waals surface area contributed by atoms with Gasteiger partial charge in [-0.3, -0.25) is 9.59 Å². The van der Waals surface area contributed by atoms with Gasteiger partial charge in [-0.1, -0.05) is 35.9 Å². The number of nitrogens with zero attached hydrogens (tertiary/aromatic N) is 2. The van der Waals surface area contributed by atoms with Crippen LogP contribution in [0.2, 0.25) is 5.02 Å². The number of carbonyl (C=O) groups is 2. The molecule has 5 nitrogen and oxygen atoms in total. The van der Waals surface area contributed by atoms with Gasteiger partial charge >= 0.3 is 0 Å². The Kier molecular flexibility index (Phi) is 5.03. The smallest absolute Gasteiger partial charge is 0.242 e. The summed E-state index contributed by atoms with van der Waals surface area (Å²) in [5.41, 5.74) is 2.26. The van der Waals surface area contributed by atoms with E-state index in [2.05, 4.69) is 0 Å². The Morgan fingerprint density at radius 3 is 2.81 bits per heavy atom. The molecule has 0 N–H and O–H groups in total. The van der Waals surface area contributed by atoms with E-state index in [9.17, 15) is 9.59 Å². The van der Waals surface area contributed by atoms with Crippen molar-refractivity contribution in [3.63, 3.8) is 0 Å². The van der Waals surface area contributed by atoms with Crippen molar-refractivity contribution >= 4 is 23.4 Å². The minimum absolute atomic E-state index is 0.00537. The van der Waals surface area contributed by atoms with Crippen LogP contribution in [0.5, 0.6) is 5.75 Å². The van der Waals surface area contributed by atoms with Gasteiger partial charge in [0.25, 0.3) is 0 Å². The normalized spacial score (nSPS) is 18.7. The zero-order chi connectivity index (χ0) is 18.8. The third kappa shape index (κ3) is 3.78. The Balaban J connectivity index is 1.43. The van der Waals surface area contributed by atoms with Crippen LogP contribution in [-0.4, -0.2) is 47.9 Å². The summed E-state index contributed by atoms with van der Waals surface area (Å²) in [5.74, 6) is 0.671. The van der Waals surface area contributed by atoms with Crippen LogP contribution in [0.25, 0.3) is 0 Å². The molecule has 2 aromatic rings. The lowest BCUT2D eigenvalue weighted by Crippen LogP contribution is -2.55. The number of carbonyl (C=O) groups excluding carboxylic acids is 2. The van der Waals surface area contributed by atoms with Crippen molar-refractivity contribution in [2.45, 2.75) is 18.9 Å². The molecule has 0 spiro atoms. The quantitative estimate of drug-likeness (QED) is 0.814. The molecular weight excluding hydrogens is 364 g/mol. The number of ether oxygens (including phenoxy) is 1. The highest BCUT2D eigenvalue weighted by atomic mass is 35.5. The molecule has 4 rings (SSSR count). The Morgan fingerprint density at radius 2 is 2.00 bits per heavy atom. The van der Waals surface area contributed by atoms with Gasteiger partial charge in [0.15, 0.2) is 0 Å². The minimum Gasteiger partial charge on any atom is -0.493 e. The highest BCUT2D eigenvalue weighted by Crippen LogP contribution is 2.34. The van der Waals surface area contributed by atoms with E-state index in [1.54, 1.807) is 4.90 Å². The summed E-state index contributed by atoms with van der Waals surface area (Å²) in [6, 6.07) is 15.1. The fourth-order valence-corrected chi connectivity index (χ4v) is 3.99. The van der Waals surface area contributed by atoms with E-state index in [0.717, 1.165) is 17.7 Å². The van der Waals surface area contributed by atoms with Crippen LogP contribution in [0.1, 0.15) is 23.6 Å². The third-order valence-electron chi connectivity index (χ3n) is 5.19. The lowest BCUT2D eigenvalue weighted by molar-refractivity contribution is -0.149. The van der Waals surface area contributed by atoms with Crippen LogP contribution in [-0.2, 0) is 16.0 Å². The molecule has 2 heterocycles. The van der Waals surface area contributed by atoms with Gasteiger partial charge < -0.3 is 14.5 Å². The molecule has 2 aliphatic rings. The summed E-state index contributed by atoms with van der Waals surface area (Å²) < 4.78 is 5.61. The fourth-order valence-electron chi connectivity index (χ4n) is 3.81. The van der Waals surface area contributed by atoms with Crippen LogP contribution in [0.3, 0.4) is 0 Å². The first-order valence-electron chi connectivity index (χ1n) is 9.15. The maximum absolute atomic E-state index is 12.6. The number of hydrogen-bond acceptors (Lipinski definition) is 3. The molecular formula is C21H21ClN2O3. The molecule has 140 valence electrons. The molecule has 0 aliphatic carbocycles. The molecule has 0 bridgehead atoms. The molecule has 1 fully saturated rings. The Morgan fingerprint density at radius 1 is 1.19 bits per heavy atom. The minimum atomic E-state index is -0.118. The number of benzene rings is 2. The van der Waals surface area contributed by atoms with Gasteiger partial charge in [-0.15, -0.1) is 0 Å². The van der Waals surface area contributed by atoms with Crippen molar-refractivity contribution in [3.8, 4) is 5.75 Å². The molecule has 6 heteroatoms. The van der Waals surface area contributed by atoms with E-state index < -0.39 is 0 Å². The molecule has 2 amide bonds. The van der Waals surface area contributed by atoms with Crippen LogP contribution < -0.4 is 4.74 Å². The van der Waals surface area contributed by atoms with Gasteiger partial charge in [-0.05, 0) is 41.8 Å². The first-order chi connectivity index (χ1) is 13.1. The lowest BCUT2D eigenvalue weighted by Gasteiger charge is -2.44. The van der Waals surface area contributed by atoms with Crippen molar-refractivity contribution in [2.24, 2.45) is 0 Å². The molecule has 0 aromatic heterocycles. The van der Waals surface area contributed by atoms with Crippen molar-refractivity contribution < 1.29 is 14.3 Å². The molecule has 1 atom stereocenters. The Bertz CT molecular complexity index is 856. The average molecular weight is 385 g/mol. The summed E-state index contributed by atoms with van der Waals surface area (Å²) in [5, 5.41) is 0.655. The predicted octanol–water partition coefficient (Wildman–Crippen LogP) is 3.08. The average Bonchev–Trinajstić information content (AvgIpc) is 2.68. The van der Waals surface area contributed by atoms with Crippen molar-refractivity contribution in [3.05, 3.63) is 64.7 Å². The summed E-state index contributed by atoms with van der Waals surface area (Å²) in [4.78, 5) is 28.8. The van der Waals surface area contributed by atoms with Crippen LogP contribution >= 0.6 is 11.6 Å². The summed E-state index contributed by atoms with van der Waals surface area (Å²) >= 11 is 6.17. The first-order valence-corrected chi connectivity index (χ1v) is 9.53. The number of fused-ring (bicyclic) bond motifs is 3. The maximum atomic E-state index is 12.6. The highest BCUT2D eigenvalue weighted by molar-refractivity contribution is 6.30. The first kappa shape index (κ1) is 17.9. The van der Waals surface area contributed by atoms with E-state index in [1.165, 1.54) is 5.56 Å². The lowest BCUT2D eigenvalue weighted by atomic mass is 9.90. The van der Waals surface area contributed by atoms with E-state index in [4.69, 9.17) is 16.3 Å². The molecule has 1 saturated heterocycles. The highest BCUT2D eigenvalue weighted by Gasteiger charge is 2.38. The number of para-hydroxylation sites is 1. The number of piperazine rings is 1. The van der Waals surface area contributed by atoms with E-state index >= 15 is 0 Å². The zero-order valence-corrected chi connectivity index (χ0v) is 15.7. The maximum Gasteiger partial charge on any atom is 0.242 e. The van der Waals surface area contributed by atoms with Crippen molar-refractivity contribution in [2.75, 3.05) is 26.2 Å². The molecule has 0 radical (unpaired) electrons. The number of halogens is 1. The van der Waals surface area contributed by atoms with Gasteiger partial charge in [0.05, 0.1) is 25.6 Å². The number of amides is 2. The second-order valence-corrected chi connectivity index (χ2v) is 7.32. The monoisotopic (exact) mass is 384 g/mol. The fraction of sp³-hybridized carbons (Fsp3) is 0.333. The Hall–Kier alpha value is -2.53. The van der Waals surface area contributed by atoms with Gasteiger partial charge in [-0.25, -0.2) is 0 Å². The SMILES string of the molecule is O=C(CCOc1ccccc1)N1CC(=O)N2CCc3ccc(Cl)cc3C2C1. The topological polar surface area (TPSA) is 49.9 Å². The largest absolute Gasteiger partial charge is 0.493 e. The van der Waals surface area contributed by atoms with E-state index in [0.29, 0.717) is 24.7 Å². The summed E-state index contributed by atoms with van der Waals surface area (Å²) in [6.45, 7) is 1.63. The molecule has 0 saturated carbocycles. The van der Waals surface area contributed by atoms with Gasteiger partial charge in [0, 0.05) is 18.1 Å². The van der Waals surface area contributed by atoms with Gasteiger partial charge in [-0.2, -0.15) is 0 Å². The molecule has 2 aliphatic heterocycles.